The maximum atomic E-state index is 12.9. The Morgan fingerprint density at radius 1 is 1.06 bits per heavy atom. The summed E-state index contributed by atoms with van der Waals surface area (Å²) in [5.41, 5.74) is 4.53. The molecule has 5 heteroatoms. The molecular formula is C27H32N2O2S. The van der Waals surface area contributed by atoms with Crippen molar-refractivity contribution in [2.75, 3.05) is 26.5 Å². The van der Waals surface area contributed by atoms with Crippen LogP contribution in [0.5, 0.6) is 5.75 Å². The molecule has 168 valence electrons. The molecule has 1 aromatic heterocycles. The first-order valence-electron chi connectivity index (χ1n) is 11.4. The van der Waals surface area contributed by atoms with Gasteiger partial charge in [-0.2, -0.15) is 0 Å². The predicted octanol–water partition coefficient (Wildman–Crippen LogP) is 6.07. The lowest BCUT2D eigenvalue weighted by Gasteiger charge is -2.31. The molecule has 0 spiro atoms. The van der Waals surface area contributed by atoms with E-state index in [2.05, 4.69) is 71.2 Å². The van der Waals surface area contributed by atoms with Gasteiger partial charge in [-0.05, 0) is 97.7 Å². The Labute approximate surface area is 195 Å². The Hall–Kier alpha value is -2.66. The van der Waals surface area contributed by atoms with Gasteiger partial charge in [0.1, 0.15) is 5.75 Å². The van der Waals surface area contributed by atoms with Crippen LogP contribution in [0.4, 0.5) is 0 Å². The highest BCUT2D eigenvalue weighted by atomic mass is 32.2. The van der Waals surface area contributed by atoms with Gasteiger partial charge < -0.3 is 14.2 Å². The number of ether oxygens (including phenoxy) is 1. The first-order valence-corrected chi connectivity index (χ1v) is 12.6. The molecule has 4 nitrogen and oxygen atoms in total. The van der Waals surface area contributed by atoms with E-state index in [0.29, 0.717) is 12.3 Å². The summed E-state index contributed by atoms with van der Waals surface area (Å²) in [6.45, 7) is 4.04. The SMILES string of the molecule is COc1ccc(-c2ccc(CCC(=O)N3CCC[C@@H](C)C3)n2-c2ccc(SC)cc2)cc1. The summed E-state index contributed by atoms with van der Waals surface area (Å²) in [5, 5.41) is 0. The highest BCUT2D eigenvalue weighted by molar-refractivity contribution is 7.98. The number of hydrogen-bond acceptors (Lipinski definition) is 3. The normalized spacial score (nSPS) is 16.2. The van der Waals surface area contributed by atoms with Crippen molar-refractivity contribution in [1.82, 2.24) is 9.47 Å². The fourth-order valence-corrected chi connectivity index (χ4v) is 4.91. The molecule has 2 heterocycles. The van der Waals surface area contributed by atoms with Crippen LogP contribution < -0.4 is 4.74 Å². The van der Waals surface area contributed by atoms with E-state index in [1.165, 1.54) is 11.3 Å². The molecule has 4 rings (SSSR count). The van der Waals surface area contributed by atoms with Crippen molar-refractivity contribution in [3.05, 3.63) is 66.4 Å². The Morgan fingerprint density at radius 3 is 2.47 bits per heavy atom. The Balaban J connectivity index is 1.62. The number of benzene rings is 2. The van der Waals surface area contributed by atoms with Crippen molar-refractivity contribution in [1.29, 1.82) is 0 Å². The maximum Gasteiger partial charge on any atom is 0.222 e. The zero-order chi connectivity index (χ0) is 22.5. The Bertz CT molecular complexity index is 1040. The molecule has 32 heavy (non-hydrogen) atoms. The standard InChI is InChI=1S/C27H32N2O2S/c1-20-5-4-18-28(19-20)27(30)17-11-23-10-16-26(21-6-12-24(31-2)13-7-21)29(23)22-8-14-25(32-3)15-9-22/h6-10,12-16,20H,4-5,11,17-19H2,1-3H3/t20-/m1/s1. The molecule has 0 unspecified atom stereocenters. The largest absolute Gasteiger partial charge is 0.497 e. The van der Waals surface area contributed by atoms with Gasteiger partial charge in [-0.15, -0.1) is 11.8 Å². The third-order valence-electron chi connectivity index (χ3n) is 6.28. The van der Waals surface area contributed by atoms with Gasteiger partial charge in [0.05, 0.1) is 12.8 Å². The van der Waals surface area contributed by atoms with Crippen LogP contribution in [0.1, 0.15) is 31.9 Å². The molecule has 1 fully saturated rings. The molecular weight excluding hydrogens is 416 g/mol. The fourth-order valence-electron chi connectivity index (χ4n) is 4.51. The van der Waals surface area contributed by atoms with Crippen LogP contribution in [0, 0.1) is 5.92 Å². The smallest absolute Gasteiger partial charge is 0.222 e. The van der Waals surface area contributed by atoms with E-state index < -0.39 is 0 Å². The highest BCUT2D eigenvalue weighted by Crippen LogP contribution is 2.30. The van der Waals surface area contributed by atoms with E-state index in [1.807, 2.05) is 12.1 Å². The number of carbonyl (C=O) groups is 1. The second kappa shape index (κ2) is 10.3. The second-order valence-corrected chi connectivity index (χ2v) is 9.44. The van der Waals surface area contributed by atoms with Crippen molar-refractivity contribution in [2.45, 2.75) is 37.5 Å². The molecule has 0 aliphatic carbocycles. The first kappa shape index (κ1) is 22.5. The van der Waals surface area contributed by atoms with Gasteiger partial charge in [-0.25, -0.2) is 0 Å². The first-order chi connectivity index (χ1) is 15.6. The zero-order valence-electron chi connectivity index (χ0n) is 19.2. The van der Waals surface area contributed by atoms with Crippen LogP contribution in [0.3, 0.4) is 0 Å². The number of piperidine rings is 1. The summed E-state index contributed by atoms with van der Waals surface area (Å²) < 4.78 is 7.62. The van der Waals surface area contributed by atoms with Crippen LogP contribution in [0.15, 0.2) is 65.6 Å². The number of thioether (sulfide) groups is 1. The lowest BCUT2D eigenvalue weighted by molar-refractivity contribution is -0.132. The lowest BCUT2D eigenvalue weighted by atomic mass is 10.00. The van der Waals surface area contributed by atoms with Gasteiger partial charge >= 0.3 is 0 Å². The van der Waals surface area contributed by atoms with Crippen molar-refractivity contribution in [2.24, 2.45) is 5.92 Å². The maximum absolute atomic E-state index is 12.9. The van der Waals surface area contributed by atoms with Gasteiger partial charge in [0.2, 0.25) is 5.91 Å². The van der Waals surface area contributed by atoms with E-state index in [4.69, 9.17) is 4.74 Å². The Kier molecular flexibility index (Phi) is 7.26. The zero-order valence-corrected chi connectivity index (χ0v) is 20.0. The van der Waals surface area contributed by atoms with Gasteiger partial charge in [-0.1, -0.05) is 6.92 Å². The molecule has 1 atom stereocenters. The summed E-state index contributed by atoms with van der Waals surface area (Å²) in [5.74, 6) is 1.72. The number of amides is 1. The molecule has 0 saturated carbocycles. The molecule has 0 N–H and O–H groups in total. The van der Waals surface area contributed by atoms with Gasteiger partial charge in [0.25, 0.3) is 0 Å². The number of aryl methyl sites for hydroxylation is 1. The average Bonchev–Trinajstić information content (AvgIpc) is 3.26. The topological polar surface area (TPSA) is 34.5 Å². The van der Waals surface area contributed by atoms with E-state index in [0.717, 1.165) is 54.3 Å². The van der Waals surface area contributed by atoms with E-state index >= 15 is 0 Å². The van der Waals surface area contributed by atoms with E-state index in [-0.39, 0.29) is 5.91 Å². The molecule has 0 radical (unpaired) electrons. The van der Waals surface area contributed by atoms with Crippen molar-refractivity contribution in [3.8, 4) is 22.7 Å². The van der Waals surface area contributed by atoms with Crippen LogP contribution in [-0.2, 0) is 11.2 Å². The minimum absolute atomic E-state index is 0.271. The van der Waals surface area contributed by atoms with E-state index in [9.17, 15) is 4.79 Å². The van der Waals surface area contributed by atoms with Crippen molar-refractivity contribution < 1.29 is 9.53 Å². The number of hydrogen-bond donors (Lipinski definition) is 0. The second-order valence-electron chi connectivity index (χ2n) is 8.56. The average molecular weight is 449 g/mol. The molecule has 1 aliphatic heterocycles. The summed E-state index contributed by atoms with van der Waals surface area (Å²) in [6.07, 6.45) is 5.70. The number of likely N-dealkylation sites (tertiary alicyclic amines) is 1. The summed E-state index contributed by atoms with van der Waals surface area (Å²) in [4.78, 5) is 16.2. The minimum atomic E-state index is 0.271. The number of carbonyl (C=O) groups excluding carboxylic acids is 1. The number of nitrogens with zero attached hydrogens (tertiary/aromatic N) is 2. The summed E-state index contributed by atoms with van der Waals surface area (Å²) in [7, 11) is 1.68. The van der Waals surface area contributed by atoms with Crippen molar-refractivity contribution in [3.63, 3.8) is 0 Å². The highest BCUT2D eigenvalue weighted by Gasteiger charge is 2.21. The Morgan fingerprint density at radius 2 is 1.81 bits per heavy atom. The third kappa shape index (κ3) is 5.04. The lowest BCUT2D eigenvalue weighted by Crippen LogP contribution is -2.39. The fraction of sp³-hybridized carbons (Fsp3) is 0.370. The summed E-state index contributed by atoms with van der Waals surface area (Å²) >= 11 is 1.74. The number of methoxy groups -OCH3 is 1. The quantitative estimate of drug-likeness (QED) is 0.412. The minimum Gasteiger partial charge on any atom is -0.497 e. The van der Waals surface area contributed by atoms with Gasteiger partial charge in [-0.3, -0.25) is 4.79 Å². The predicted molar refractivity (Wildman–Crippen MR) is 133 cm³/mol. The van der Waals surface area contributed by atoms with Crippen molar-refractivity contribution >= 4 is 17.7 Å². The number of aromatic nitrogens is 1. The molecule has 2 aromatic carbocycles. The molecule has 1 amide bonds. The van der Waals surface area contributed by atoms with Gasteiger partial charge in [0.15, 0.2) is 0 Å². The van der Waals surface area contributed by atoms with Crippen LogP contribution in [-0.4, -0.2) is 41.8 Å². The molecule has 3 aromatic rings. The van der Waals surface area contributed by atoms with Gasteiger partial charge in [0, 0.05) is 35.8 Å². The molecule has 1 saturated heterocycles. The molecule has 0 bridgehead atoms. The monoisotopic (exact) mass is 448 g/mol. The molecule has 1 aliphatic rings. The third-order valence-corrected chi connectivity index (χ3v) is 7.03. The van der Waals surface area contributed by atoms with Crippen LogP contribution in [0.2, 0.25) is 0 Å². The van der Waals surface area contributed by atoms with Crippen LogP contribution in [0.25, 0.3) is 16.9 Å². The summed E-state index contributed by atoms with van der Waals surface area (Å²) in [6, 6.07) is 21.1. The van der Waals surface area contributed by atoms with E-state index in [1.54, 1.807) is 18.9 Å². The number of rotatable bonds is 7. The van der Waals surface area contributed by atoms with Crippen LogP contribution >= 0.6 is 11.8 Å².